The van der Waals surface area contributed by atoms with Crippen molar-refractivity contribution in [1.82, 2.24) is 0 Å². The van der Waals surface area contributed by atoms with Crippen LogP contribution in [-0.2, 0) is 19.6 Å². The first kappa shape index (κ1) is 28.4. The molecule has 188 valence electrons. The van der Waals surface area contributed by atoms with E-state index in [4.69, 9.17) is 22.4 Å². The first-order chi connectivity index (χ1) is 16.6. The Labute approximate surface area is 204 Å². The van der Waals surface area contributed by atoms with Crippen LogP contribution in [0.15, 0.2) is 103 Å². The fourth-order valence-electron chi connectivity index (χ4n) is 3.22. The maximum Gasteiger partial charge on any atom is 0.485 e. The van der Waals surface area contributed by atoms with Gasteiger partial charge in [-0.2, -0.15) is 13.2 Å². The quantitative estimate of drug-likeness (QED) is 0.181. The van der Waals surface area contributed by atoms with Gasteiger partial charge in [-0.25, -0.2) is 8.42 Å². The second-order valence-corrected chi connectivity index (χ2v) is 11.6. The van der Waals surface area contributed by atoms with Gasteiger partial charge >= 0.3 is 11.5 Å². The molecule has 0 atom stereocenters. The molecule has 0 spiro atoms. The third-order valence-corrected chi connectivity index (χ3v) is 9.15. The van der Waals surface area contributed by atoms with E-state index in [1.54, 1.807) is 0 Å². The van der Waals surface area contributed by atoms with E-state index < -0.39 is 22.9 Å². The predicted octanol–water partition coefficient (Wildman–Crippen LogP) is 4.90. The zero-order chi connectivity index (χ0) is 26.0. The van der Waals surface area contributed by atoms with E-state index in [2.05, 4.69) is 96.8 Å². The van der Waals surface area contributed by atoms with Crippen LogP contribution in [-0.4, -0.2) is 31.7 Å². The normalized spacial score (nSPS) is 11.6. The van der Waals surface area contributed by atoms with Crippen molar-refractivity contribution < 1.29 is 35.6 Å². The van der Waals surface area contributed by atoms with Gasteiger partial charge in [0.25, 0.3) is 0 Å². The van der Waals surface area contributed by atoms with Crippen molar-refractivity contribution in [3.05, 3.63) is 103 Å². The van der Waals surface area contributed by atoms with Crippen LogP contribution >= 0.6 is 7.26 Å². The molecule has 0 unspecified atom stereocenters. The van der Waals surface area contributed by atoms with E-state index in [0.29, 0.717) is 19.2 Å². The van der Waals surface area contributed by atoms with Gasteiger partial charge in [0.05, 0.1) is 13.2 Å². The van der Waals surface area contributed by atoms with E-state index in [1.165, 1.54) is 15.9 Å². The number of hydrogen-bond donors (Lipinski definition) is 0. The highest BCUT2D eigenvalue weighted by atomic mass is 32.2. The van der Waals surface area contributed by atoms with Gasteiger partial charge in [-0.15, -0.1) is 0 Å². The predicted molar refractivity (Wildman–Crippen MR) is 132 cm³/mol. The molecule has 10 heteroatoms. The minimum atomic E-state index is -6.09. The smallest absolute Gasteiger partial charge is 0.485 e. The van der Waals surface area contributed by atoms with Crippen LogP contribution in [0.3, 0.4) is 0 Å². The van der Waals surface area contributed by atoms with Gasteiger partial charge in [0.1, 0.15) is 23.2 Å². The highest BCUT2D eigenvalue weighted by Crippen LogP contribution is 2.57. The standard InChI is InChI=1S/C24H26O2P.CHF3O3S/c1-3-25-24(26-4-2)20-27(21-14-8-5-9-15-21,22-16-10-6-11-17-22)23-18-12-7-13-19-23;2-1(3,4)8(5,6)7/h5-20H,3-4H2,1-2H3;(H,5,6,7)/q+1;/p-1. The molecule has 3 aromatic carbocycles. The second kappa shape index (κ2) is 12.7. The summed E-state index contributed by atoms with van der Waals surface area (Å²) in [6, 6.07) is 32.0. The Kier molecular flexibility index (Phi) is 10.3. The summed E-state index contributed by atoms with van der Waals surface area (Å²) in [5, 5.41) is 3.83. The minimum absolute atomic E-state index is 0.574. The minimum Gasteiger partial charge on any atom is -0.741 e. The van der Waals surface area contributed by atoms with Gasteiger partial charge in [0, 0.05) is 0 Å². The highest BCUT2D eigenvalue weighted by Gasteiger charge is 2.45. The number of rotatable bonds is 8. The van der Waals surface area contributed by atoms with Gasteiger partial charge in [-0.05, 0) is 50.2 Å². The third-order valence-electron chi connectivity index (χ3n) is 4.65. The first-order valence-electron chi connectivity index (χ1n) is 10.6. The zero-order valence-electron chi connectivity index (χ0n) is 19.2. The molecule has 0 aliphatic rings. The van der Waals surface area contributed by atoms with Crippen molar-refractivity contribution in [2.24, 2.45) is 0 Å². The molecule has 0 N–H and O–H groups in total. The Bertz CT molecular complexity index is 1070. The average Bonchev–Trinajstić information content (AvgIpc) is 2.83. The Morgan fingerprint density at radius 1 is 0.771 bits per heavy atom. The van der Waals surface area contributed by atoms with Crippen molar-refractivity contribution in [3.63, 3.8) is 0 Å². The SMILES string of the molecule is CCOC(=C[P+](c1ccccc1)(c1ccccc1)c1ccccc1)OCC.O=S(=O)([O-])C(F)(F)F. The topological polar surface area (TPSA) is 75.7 Å². The summed E-state index contributed by atoms with van der Waals surface area (Å²) in [5.74, 6) is 2.82. The highest BCUT2D eigenvalue weighted by molar-refractivity contribution is 7.98. The molecule has 3 rings (SSSR count). The number of hydrogen-bond acceptors (Lipinski definition) is 5. The fourth-order valence-corrected chi connectivity index (χ4v) is 6.95. The number of ether oxygens (including phenoxy) is 2. The molecule has 0 saturated carbocycles. The summed E-state index contributed by atoms with van der Waals surface area (Å²) in [5.41, 5.74) is -5.65. The van der Waals surface area contributed by atoms with Crippen LogP contribution in [0.5, 0.6) is 0 Å². The van der Waals surface area contributed by atoms with Gasteiger partial charge < -0.3 is 14.0 Å². The van der Waals surface area contributed by atoms with Gasteiger partial charge in [-0.3, -0.25) is 0 Å². The summed E-state index contributed by atoms with van der Waals surface area (Å²) >= 11 is 0. The molecule has 0 aliphatic carbocycles. The maximum atomic E-state index is 10.7. The molecule has 0 aromatic heterocycles. The van der Waals surface area contributed by atoms with Crippen molar-refractivity contribution in [3.8, 4) is 0 Å². The summed E-state index contributed by atoms with van der Waals surface area (Å²) in [6.07, 6.45) is 0. The lowest BCUT2D eigenvalue weighted by molar-refractivity contribution is -0.0517. The summed E-state index contributed by atoms with van der Waals surface area (Å²) in [6.45, 7) is 5.12. The number of halogens is 3. The molecule has 0 saturated heterocycles. The molecular weight excluding hydrogens is 500 g/mol. The van der Waals surface area contributed by atoms with Gasteiger partial charge in [0.15, 0.2) is 15.9 Å². The van der Waals surface area contributed by atoms with Crippen LogP contribution < -0.4 is 15.9 Å². The summed E-state index contributed by atoms with van der Waals surface area (Å²) < 4.78 is 70.6. The molecule has 0 heterocycles. The van der Waals surface area contributed by atoms with Crippen LogP contribution in [0.4, 0.5) is 13.2 Å². The first-order valence-corrected chi connectivity index (χ1v) is 13.9. The summed E-state index contributed by atoms with van der Waals surface area (Å²) in [4.78, 5) is 0. The van der Waals surface area contributed by atoms with Crippen LogP contribution in [0, 0.1) is 0 Å². The zero-order valence-corrected chi connectivity index (χ0v) is 20.9. The van der Waals surface area contributed by atoms with Crippen LogP contribution in [0.2, 0.25) is 0 Å². The van der Waals surface area contributed by atoms with Crippen LogP contribution in [0.1, 0.15) is 13.8 Å². The molecular formula is C25H26F3O5PS. The van der Waals surface area contributed by atoms with Crippen molar-refractivity contribution in [2.45, 2.75) is 19.4 Å². The number of alkyl halides is 3. The monoisotopic (exact) mass is 526 g/mol. The van der Waals surface area contributed by atoms with Crippen molar-refractivity contribution in [1.29, 1.82) is 0 Å². The fraction of sp³-hybridized carbons (Fsp3) is 0.200. The Morgan fingerprint density at radius 2 is 1.06 bits per heavy atom. The van der Waals surface area contributed by atoms with Crippen molar-refractivity contribution >= 4 is 33.3 Å². The molecule has 35 heavy (non-hydrogen) atoms. The lowest BCUT2D eigenvalue weighted by Crippen LogP contribution is -2.30. The largest absolute Gasteiger partial charge is 0.741 e. The second-order valence-electron chi connectivity index (χ2n) is 6.94. The molecule has 3 aromatic rings. The Balaban J connectivity index is 0.000000466. The van der Waals surface area contributed by atoms with Crippen molar-refractivity contribution in [2.75, 3.05) is 13.2 Å². The lowest BCUT2D eigenvalue weighted by Gasteiger charge is -2.24. The molecule has 0 amide bonds. The van der Waals surface area contributed by atoms with E-state index in [-0.39, 0.29) is 0 Å². The average molecular weight is 527 g/mol. The van der Waals surface area contributed by atoms with E-state index in [1.807, 2.05) is 13.8 Å². The maximum absolute atomic E-state index is 10.7. The van der Waals surface area contributed by atoms with E-state index in [0.717, 1.165) is 0 Å². The molecule has 5 nitrogen and oxygen atoms in total. The molecule has 0 fully saturated rings. The molecule has 0 bridgehead atoms. The number of benzene rings is 3. The summed E-state index contributed by atoms with van der Waals surface area (Å²) in [7, 11) is -8.17. The Hall–Kier alpha value is -2.87. The van der Waals surface area contributed by atoms with E-state index >= 15 is 0 Å². The Morgan fingerprint density at radius 3 is 1.29 bits per heavy atom. The van der Waals surface area contributed by atoms with Gasteiger partial charge in [0.2, 0.25) is 0 Å². The molecule has 0 radical (unpaired) electrons. The van der Waals surface area contributed by atoms with Crippen LogP contribution in [0.25, 0.3) is 0 Å². The lowest BCUT2D eigenvalue weighted by atomic mass is 10.4. The van der Waals surface area contributed by atoms with E-state index in [9.17, 15) is 13.2 Å². The third kappa shape index (κ3) is 7.56. The molecule has 0 aliphatic heterocycles. The van der Waals surface area contributed by atoms with Gasteiger partial charge in [-0.1, -0.05) is 54.6 Å².